The van der Waals surface area contributed by atoms with E-state index >= 15 is 0 Å². The van der Waals surface area contributed by atoms with E-state index < -0.39 is 0 Å². The number of H-pyrrole nitrogens is 1. The largest absolute Gasteiger partial charge is 0.384 e. The van der Waals surface area contributed by atoms with Gasteiger partial charge in [0, 0.05) is 43.9 Å². The topological polar surface area (TPSA) is 58.2 Å². The maximum absolute atomic E-state index is 11.7. The zero-order chi connectivity index (χ0) is 18.8. The summed E-state index contributed by atoms with van der Waals surface area (Å²) in [7, 11) is 1.79. The third-order valence-electron chi connectivity index (χ3n) is 6.18. The number of aromatic nitrogens is 2. The third kappa shape index (κ3) is 3.93. The summed E-state index contributed by atoms with van der Waals surface area (Å²) in [4.78, 5) is 21.7. The Morgan fingerprint density at radius 2 is 2.19 bits per heavy atom. The van der Waals surface area contributed by atoms with Crippen LogP contribution in [0.1, 0.15) is 42.7 Å². The molecule has 2 aromatic heterocycles. The van der Waals surface area contributed by atoms with Crippen molar-refractivity contribution in [2.45, 2.75) is 38.0 Å². The molecule has 144 valence electrons. The highest BCUT2D eigenvalue weighted by Crippen LogP contribution is 2.44. The number of piperidine rings is 1. The van der Waals surface area contributed by atoms with Gasteiger partial charge in [-0.2, -0.15) is 0 Å². The summed E-state index contributed by atoms with van der Waals surface area (Å²) in [6.45, 7) is 6.03. The number of carbonyl (C=O) groups excluding carboxylic acids is 1. The summed E-state index contributed by atoms with van der Waals surface area (Å²) in [6.07, 6.45) is 11.3. The lowest BCUT2D eigenvalue weighted by molar-refractivity contribution is -0.127. The maximum atomic E-state index is 11.7. The zero-order valence-electron chi connectivity index (χ0n) is 16.1. The fraction of sp³-hybridized carbons (Fsp3) is 0.545. The van der Waals surface area contributed by atoms with Gasteiger partial charge in [-0.15, -0.1) is 0 Å². The highest BCUT2D eigenvalue weighted by molar-refractivity contribution is 5.87. The zero-order valence-corrected chi connectivity index (χ0v) is 16.1. The number of amides is 1. The van der Waals surface area contributed by atoms with Gasteiger partial charge in [0.05, 0.1) is 6.61 Å². The average Bonchev–Trinajstić information content (AvgIpc) is 3.46. The summed E-state index contributed by atoms with van der Waals surface area (Å²) >= 11 is 0. The van der Waals surface area contributed by atoms with Crippen molar-refractivity contribution in [1.29, 1.82) is 0 Å². The highest BCUT2D eigenvalue weighted by Gasteiger charge is 2.33. The van der Waals surface area contributed by atoms with Gasteiger partial charge < -0.3 is 14.6 Å². The molecule has 2 aliphatic rings. The van der Waals surface area contributed by atoms with Crippen LogP contribution in [0.15, 0.2) is 31.1 Å². The van der Waals surface area contributed by atoms with E-state index in [9.17, 15) is 4.79 Å². The lowest BCUT2D eigenvalue weighted by atomic mass is 9.89. The molecule has 0 aromatic carbocycles. The number of likely N-dealkylation sites (tertiary alicyclic amines) is 1. The van der Waals surface area contributed by atoms with Crippen LogP contribution >= 0.6 is 0 Å². The first kappa shape index (κ1) is 18.2. The molecule has 1 saturated heterocycles. The molecule has 3 heterocycles. The number of pyridine rings is 1. The first-order valence-corrected chi connectivity index (χ1v) is 10.1. The van der Waals surface area contributed by atoms with E-state index in [0.29, 0.717) is 11.8 Å². The Morgan fingerprint density at radius 3 is 2.85 bits per heavy atom. The summed E-state index contributed by atoms with van der Waals surface area (Å²) in [5.41, 5.74) is 3.63. The molecule has 1 aliphatic carbocycles. The SMILES string of the molecule is C=CC(=O)N1CCC(Cc2cnc3[nH]cc(C(COC)C4CC4)c3c2)CC1. The van der Waals surface area contributed by atoms with E-state index in [-0.39, 0.29) is 5.91 Å². The average molecular weight is 367 g/mol. The highest BCUT2D eigenvalue weighted by atomic mass is 16.5. The minimum absolute atomic E-state index is 0.0535. The molecule has 2 aromatic rings. The van der Waals surface area contributed by atoms with Crippen molar-refractivity contribution in [2.24, 2.45) is 11.8 Å². The van der Waals surface area contributed by atoms with Crippen LogP contribution in [0.25, 0.3) is 11.0 Å². The second-order valence-electron chi connectivity index (χ2n) is 8.06. The molecule has 1 aliphatic heterocycles. The maximum Gasteiger partial charge on any atom is 0.245 e. The molecule has 1 amide bonds. The number of hydrogen-bond donors (Lipinski definition) is 1. The van der Waals surface area contributed by atoms with Gasteiger partial charge in [-0.25, -0.2) is 4.98 Å². The standard InChI is InChI=1S/C22H29N3O2/c1-3-21(26)25-8-6-15(7-9-25)10-16-11-18-19(13-24-22(18)23-12-16)20(14-27-2)17-4-5-17/h3,11-13,15,17,20H,1,4-10,14H2,2H3,(H,23,24). The summed E-state index contributed by atoms with van der Waals surface area (Å²) < 4.78 is 5.49. The number of hydrogen-bond acceptors (Lipinski definition) is 3. The Hall–Kier alpha value is -2.14. The van der Waals surface area contributed by atoms with Crippen LogP contribution in [-0.2, 0) is 16.0 Å². The Balaban J connectivity index is 1.48. The van der Waals surface area contributed by atoms with Crippen molar-refractivity contribution >= 4 is 16.9 Å². The Labute approximate surface area is 160 Å². The van der Waals surface area contributed by atoms with Crippen molar-refractivity contribution in [3.63, 3.8) is 0 Å². The van der Waals surface area contributed by atoms with Gasteiger partial charge in [0.25, 0.3) is 0 Å². The number of aromatic amines is 1. The summed E-state index contributed by atoms with van der Waals surface area (Å²) in [5, 5.41) is 1.25. The Morgan fingerprint density at radius 1 is 1.41 bits per heavy atom. The molecule has 1 N–H and O–H groups in total. The van der Waals surface area contributed by atoms with E-state index in [1.165, 1.54) is 35.4 Å². The summed E-state index contributed by atoms with van der Waals surface area (Å²) in [5.74, 6) is 1.88. The summed E-state index contributed by atoms with van der Waals surface area (Å²) in [6, 6.07) is 2.32. The van der Waals surface area contributed by atoms with Gasteiger partial charge in [0.1, 0.15) is 5.65 Å². The molecular weight excluding hydrogens is 338 g/mol. The number of nitrogens with zero attached hydrogens (tertiary/aromatic N) is 2. The van der Waals surface area contributed by atoms with Crippen LogP contribution in [0.3, 0.4) is 0 Å². The number of carbonyl (C=O) groups is 1. The number of rotatable bonds is 7. The predicted octanol–water partition coefficient (Wildman–Crippen LogP) is 3.67. The van der Waals surface area contributed by atoms with Gasteiger partial charge in [-0.05, 0) is 67.2 Å². The third-order valence-corrected chi connectivity index (χ3v) is 6.18. The van der Waals surface area contributed by atoms with Crippen LogP contribution < -0.4 is 0 Å². The minimum atomic E-state index is 0.0535. The van der Waals surface area contributed by atoms with Gasteiger partial charge in [0.2, 0.25) is 5.91 Å². The molecule has 0 radical (unpaired) electrons. The molecule has 1 unspecified atom stereocenters. The molecule has 1 atom stereocenters. The van der Waals surface area contributed by atoms with Crippen molar-refractivity contribution in [3.8, 4) is 0 Å². The molecule has 0 bridgehead atoms. The monoisotopic (exact) mass is 367 g/mol. The van der Waals surface area contributed by atoms with Crippen LogP contribution in [0.5, 0.6) is 0 Å². The molecule has 2 fully saturated rings. The Bertz CT molecular complexity index is 816. The fourth-order valence-corrected chi connectivity index (χ4v) is 4.46. The second kappa shape index (κ2) is 7.85. The lowest BCUT2D eigenvalue weighted by Crippen LogP contribution is -2.37. The van der Waals surface area contributed by atoms with Gasteiger partial charge in [-0.1, -0.05) is 6.58 Å². The van der Waals surface area contributed by atoms with Gasteiger partial charge in [-0.3, -0.25) is 4.79 Å². The smallest absolute Gasteiger partial charge is 0.245 e. The van der Waals surface area contributed by atoms with Crippen molar-refractivity contribution in [1.82, 2.24) is 14.9 Å². The molecule has 0 spiro atoms. The fourth-order valence-electron chi connectivity index (χ4n) is 4.46. The molecule has 27 heavy (non-hydrogen) atoms. The van der Waals surface area contributed by atoms with E-state index in [2.05, 4.69) is 28.8 Å². The van der Waals surface area contributed by atoms with Crippen molar-refractivity contribution in [2.75, 3.05) is 26.8 Å². The van der Waals surface area contributed by atoms with Crippen molar-refractivity contribution < 1.29 is 9.53 Å². The number of methoxy groups -OCH3 is 1. The van der Waals surface area contributed by atoms with E-state index in [0.717, 1.165) is 50.5 Å². The normalized spacial score (nSPS) is 19.4. The quantitative estimate of drug-likeness (QED) is 0.760. The minimum Gasteiger partial charge on any atom is -0.384 e. The van der Waals surface area contributed by atoms with Crippen LogP contribution in [0.4, 0.5) is 0 Å². The molecule has 5 heteroatoms. The van der Waals surface area contributed by atoms with Crippen LogP contribution in [0, 0.1) is 11.8 Å². The predicted molar refractivity (Wildman–Crippen MR) is 107 cm³/mol. The second-order valence-corrected chi connectivity index (χ2v) is 8.06. The van der Waals surface area contributed by atoms with E-state index in [1.807, 2.05) is 11.1 Å². The first-order chi connectivity index (χ1) is 13.2. The van der Waals surface area contributed by atoms with E-state index in [4.69, 9.17) is 4.74 Å². The van der Waals surface area contributed by atoms with Crippen molar-refractivity contribution in [3.05, 3.63) is 42.2 Å². The molecule has 5 nitrogen and oxygen atoms in total. The van der Waals surface area contributed by atoms with Crippen LogP contribution in [0.2, 0.25) is 0 Å². The number of nitrogens with one attached hydrogen (secondary N) is 1. The molecular formula is C22H29N3O2. The Kier molecular flexibility index (Phi) is 5.30. The first-order valence-electron chi connectivity index (χ1n) is 10.1. The van der Waals surface area contributed by atoms with Gasteiger partial charge in [0.15, 0.2) is 0 Å². The number of fused-ring (bicyclic) bond motifs is 1. The van der Waals surface area contributed by atoms with Crippen LogP contribution in [-0.4, -0.2) is 47.6 Å². The van der Waals surface area contributed by atoms with Gasteiger partial charge >= 0.3 is 0 Å². The molecule has 4 rings (SSSR count). The van der Waals surface area contributed by atoms with E-state index in [1.54, 1.807) is 7.11 Å². The molecule has 1 saturated carbocycles. The lowest BCUT2D eigenvalue weighted by Gasteiger charge is -2.31. The number of ether oxygens (including phenoxy) is 1.